The number of amides is 2. The second-order valence-electron chi connectivity index (χ2n) is 5.86. The normalized spacial score (nSPS) is 13.9. The summed E-state index contributed by atoms with van der Waals surface area (Å²) in [6, 6.07) is 0. The zero-order chi connectivity index (χ0) is 18.8. The summed E-state index contributed by atoms with van der Waals surface area (Å²) in [6.45, 7) is 3.32. The van der Waals surface area contributed by atoms with E-state index in [2.05, 4.69) is 14.9 Å². The smallest absolute Gasteiger partial charge is 0.352 e. The number of hydrogen-bond acceptors (Lipinski definition) is 8. The maximum Gasteiger partial charge on any atom is 0.352 e. The van der Waals surface area contributed by atoms with Crippen LogP contribution in [0.15, 0.2) is 0 Å². The van der Waals surface area contributed by atoms with Crippen molar-refractivity contribution in [2.75, 3.05) is 5.32 Å². The van der Waals surface area contributed by atoms with Crippen molar-refractivity contribution in [1.29, 1.82) is 0 Å². The highest BCUT2D eigenvalue weighted by Gasteiger charge is 2.28. The quantitative estimate of drug-likeness (QED) is 0.722. The lowest BCUT2D eigenvalue weighted by atomic mass is 10.1. The highest BCUT2D eigenvalue weighted by molar-refractivity contribution is 7.17. The lowest BCUT2D eigenvalue weighted by Gasteiger charge is -2.13. The minimum Gasteiger partial charge on any atom is -0.448 e. The number of anilines is 1. The van der Waals surface area contributed by atoms with Crippen molar-refractivity contribution in [2.45, 2.75) is 45.6 Å². The fraction of sp³-hybridized carbons (Fsp3) is 0.438. The van der Waals surface area contributed by atoms with Gasteiger partial charge in [0.05, 0.1) is 11.3 Å². The molecule has 10 heteroatoms. The van der Waals surface area contributed by atoms with E-state index in [1.54, 1.807) is 0 Å². The van der Waals surface area contributed by atoms with Crippen LogP contribution in [0, 0.1) is 0 Å². The van der Waals surface area contributed by atoms with Crippen molar-refractivity contribution in [2.24, 2.45) is 5.73 Å². The molecular weight excluding hydrogens is 376 g/mol. The van der Waals surface area contributed by atoms with Gasteiger partial charge in [-0.1, -0.05) is 11.4 Å². The second-order valence-corrected chi connectivity index (χ2v) is 7.72. The first-order valence-electron chi connectivity index (χ1n) is 8.19. The maximum atomic E-state index is 12.4. The van der Waals surface area contributed by atoms with E-state index in [1.165, 1.54) is 18.3 Å². The van der Waals surface area contributed by atoms with Gasteiger partial charge >= 0.3 is 5.97 Å². The van der Waals surface area contributed by atoms with E-state index < -0.39 is 23.9 Å². The molecule has 0 saturated carbocycles. The largest absolute Gasteiger partial charge is 0.448 e. The Kier molecular flexibility index (Phi) is 5.33. The summed E-state index contributed by atoms with van der Waals surface area (Å²) < 4.78 is 8.95. The number of nitrogens with two attached hydrogens (primary N) is 1. The van der Waals surface area contributed by atoms with Gasteiger partial charge in [0.2, 0.25) is 0 Å². The summed E-state index contributed by atoms with van der Waals surface area (Å²) in [7, 11) is 0. The van der Waals surface area contributed by atoms with Gasteiger partial charge in [0, 0.05) is 4.88 Å². The molecule has 2 aromatic heterocycles. The Morgan fingerprint density at radius 3 is 2.81 bits per heavy atom. The van der Waals surface area contributed by atoms with Crippen LogP contribution in [0.25, 0.3) is 0 Å². The molecule has 0 aromatic carbocycles. The third-order valence-electron chi connectivity index (χ3n) is 4.13. The number of hydrogen-bond donors (Lipinski definition) is 2. The molecule has 1 aliphatic rings. The van der Waals surface area contributed by atoms with Crippen LogP contribution in [0.2, 0.25) is 0 Å². The number of fused-ring (bicyclic) bond motifs is 1. The van der Waals surface area contributed by atoms with E-state index in [0.29, 0.717) is 27.6 Å². The highest BCUT2D eigenvalue weighted by atomic mass is 32.1. The molecule has 1 atom stereocenters. The molecule has 0 unspecified atom stereocenters. The van der Waals surface area contributed by atoms with Gasteiger partial charge in [0.15, 0.2) is 11.0 Å². The van der Waals surface area contributed by atoms with Gasteiger partial charge in [-0.05, 0) is 49.7 Å². The molecule has 0 radical (unpaired) electrons. The molecule has 2 aromatic rings. The molecule has 3 N–H and O–H groups in total. The van der Waals surface area contributed by atoms with E-state index in [1.807, 2.05) is 6.92 Å². The topological polar surface area (TPSA) is 124 Å². The first kappa shape index (κ1) is 18.5. The Morgan fingerprint density at radius 2 is 2.12 bits per heavy atom. The molecule has 26 heavy (non-hydrogen) atoms. The van der Waals surface area contributed by atoms with E-state index in [4.69, 9.17) is 10.5 Å². The van der Waals surface area contributed by atoms with Crippen LogP contribution < -0.4 is 11.1 Å². The number of nitrogens with zero attached hydrogens (tertiary/aromatic N) is 2. The van der Waals surface area contributed by atoms with Gasteiger partial charge in [-0.2, -0.15) is 0 Å². The summed E-state index contributed by atoms with van der Waals surface area (Å²) >= 11 is 2.29. The number of thiophene rings is 1. The van der Waals surface area contributed by atoms with Gasteiger partial charge in [0.25, 0.3) is 11.8 Å². The number of aryl methyl sites for hydroxylation is 2. The first-order valence-corrected chi connectivity index (χ1v) is 9.78. The van der Waals surface area contributed by atoms with Gasteiger partial charge < -0.3 is 15.8 Å². The number of rotatable bonds is 6. The van der Waals surface area contributed by atoms with Gasteiger partial charge in [-0.3, -0.25) is 9.59 Å². The standard InChI is InChI=1S/C16H18N4O4S2/c1-3-9-12(26-20-19-9)16(23)24-7(2)14(22)18-15-11(13(17)21)8-5-4-6-10(8)25-15/h7H,3-6H2,1-2H3,(H2,17,21)(H,18,22)/t7-/m1/s1. The first-order chi connectivity index (χ1) is 12.4. The lowest BCUT2D eigenvalue weighted by Crippen LogP contribution is -2.30. The predicted molar refractivity (Wildman–Crippen MR) is 97.7 cm³/mol. The van der Waals surface area contributed by atoms with Gasteiger partial charge in [-0.25, -0.2) is 4.79 Å². The average molecular weight is 394 g/mol. The molecule has 2 heterocycles. The molecule has 0 bridgehead atoms. The molecular formula is C16H18N4O4S2. The van der Waals surface area contributed by atoms with Crippen molar-refractivity contribution in [3.63, 3.8) is 0 Å². The number of carbonyl (C=O) groups is 3. The maximum absolute atomic E-state index is 12.4. The van der Waals surface area contributed by atoms with Crippen LogP contribution in [0.3, 0.4) is 0 Å². The predicted octanol–water partition coefficient (Wildman–Crippen LogP) is 1.93. The third-order valence-corrected chi connectivity index (χ3v) is 6.09. The van der Waals surface area contributed by atoms with Crippen molar-refractivity contribution in [1.82, 2.24) is 9.59 Å². The summed E-state index contributed by atoms with van der Waals surface area (Å²) in [6.07, 6.45) is 2.14. The van der Waals surface area contributed by atoms with E-state index >= 15 is 0 Å². The van der Waals surface area contributed by atoms with Crippen molar-refractivity contribution < 1.29 is 19.1 Å². The zero-order valence-electron chi connectivity index (χ0n) is 14.3. The van der Waals surface area contributed by atoms with Crippen LogP contribution in [-0.2, 0) is 28.8 Å². The van der Waals surface area contributed by atoms with E-state index in [-0.39, 0.29) is 0 Å². The second kappa shape index (κ2) is 7.50. The minimum atomic E-state index is -1.04. The molecule has 8 nitrogen and oxygen atoms in total. The Bertz CT molecular complexity index is 874. The fourth-order valence-electron chi connectivity index (χ4n) is 2.83. The highest BCUT2D eigenvalue weighted by Crippen LogP contribution is 2.38. The molecule has 1 aliphatic carbocycles. The molecule has 3 rings (SSSR count). The van der Waals surface area contributed by atoms with Crippen molar-refractivity contribution in [3.8, 4) is 0 Å². The average Bonchev–Trinajstić information content (AvgIpc) is 3.28. The Labute approximate surface area is 157 Å². The van der Waals surface area contributed by atoms with Crippen LogP contribution in [-0.4, -0.2) is 33.5 Å². The molecule has 0 spiro atoms. The summed E-state index contributed by atoms with van der Waals surface area (Å²) in [5.74, 6) is -1.72. The number of ether oxygens (including phenoxy) is 1. The lowest BCUT2D eigenvalue weighted by molar-refractivity contribution is -0.123. The van der Waals surface area contributed by atoms with Crippen LogP contribution in [0.4, 0.5) is 5.00 Å². The van der Waals surface area contributed by atoms with Crippen LogP contribution in [0.1, 0.15) is 56.4 Å². The van der Waals surface area contributed by atoms with E-state index in [0.717, 1.165) is 41.2 Å². The molecule has 138 valence electrons. The monoisotopic (exact) mass is 394 g/mol. The Hall–Kier alpha value is -2.33. The zero-order valence-corrected chi connectivity index (χ0v) is 16.0. The SMILES string of the molecule is CCc1nnsc1C(=O)O[C@H](C)C(=O)Nc1sc2c(c1C(N)=O)CCC2. The molecule has 0 saturated heterocycles. The minimum absolute atomic E-state index is 0.292. The van der Waals surface area contributed by atoms with Gasteiger partial charge in [0.1, 0.15) is 5.00 Å². The summed E-state index contributed by atoms with van der Waals surface area (Å²) in [5.41, 5.74) is 7.31. The van der Waals surface area contributed by atoms with Crippen molar-refractivity contribution in [3.05, 3.63) is 26.6 Å². The molecule has 0 fully saturated rings. The summed E-state index contributed by atoms with van der Waals surface area (Å²) in [5, 5.41) is 6.95. The fourth-order valence-corrected chi connectivity index (χ4v) is 4.76. The molecule has 2 amide bonds. The number of primary amides is 1. The number of carbonyl (C=O) groups excluding carboxylic acids is 3. The van der Waals surface area contributed by atoms with E-state index in [9.17, 15) is 14.4 Å². The summed E-state index contributed by atoms with van der Waals surface area (Å²) in [4.78, 5) is 37.8. The van der Waals surface area contributed by atoms with Crippen molar-refractivity contribution >= 4 is 45.7 Å². The Morgan fingerprint density at radius 1 is 1.35 bits per heavy atom. The molecule has 0 aliphatic heterocycles. The van der Waals surface area contributed by atoms with Crippen LogP contribution in [0.5, 0.6) is 0 Å². The number of esters is 1. The number of nitrogens with one attached hydrogen (secondary N) is 1. The third kappa shape index (κ3) is 3.47. The van der Waals surface area contributed by atoms with Crippen LogP contribution >= 0.6 is 22.9 Å². The number of aromatic nitrogens is 2. The Balaban J connectivity index is 1.70. The van der Waals surface area contributed by atoms with Gasteiger partial charge in [-0.15, -0.1) is 16.4 Å².